The molecule has 0 bridgehead atoms. The molecule has 1 unspecified atom stereocenters. The van der Waals surface area contributed by atoms with Crippen LogP contribution in [0, 0.1) is 5.41 Å². The first-order valence-corrected chi connectivity index (χ1v) is 9.05. The maximum absolute atomic E-state index is 6.07. The maximum Gasteiger partial charge on any atom is 0.0377 e. The van der Waals surface area contributed by atoms with Crippen LogP contribution in [0.4, 0.5) is 5.69 Å². The average molecular weight is 353 g/mol. The summed E-state index contributed by atoms with van der Waals surface area (Å²) < 4.78 is 1.20. The predicted molar refractivity (Wildman–Crippen MR) is 96.0 cm³/mol. The monoisotopic (exact) mass is 352 g/mol. The average Bonchev–Trinajstić information content (AvgIpc) is 2.50. The first-order chi connectivity index (χ1) is 9.97. The van der Waals surface area contributed by atoms with Crippen molar-refractivity contribution in [2.24, 2.45) is 11.1 Å². The summed E-state index contributed by atoms with van der Waals surface area (Å²) in [6.07, 6.45) is 5.85. The summed E-state index contributed by atoms with van der Waals surface area (Å²) in [6.45, 7) is 9.23. The van der Waals surface area contributed by atoms with Gasteiger partial charge in [-0.25, -0.2) is 0 Å². The summed E-state index contributed by atoms with van der Waals surface area (Å²) in [5, 5.41) is 0. The van der Waals surface area contributed by atoms with Gasteiger partial charge in [0.15, 0.2) is 0 Å². The van der Waals surface area contributed by atoms with Crippen molar-refractivity contribution < 1.29 is 0 Å². The SMILES string of the molecule is CCC(N)Cc1ccc(N2CCC(C)(CC)CC2)cc1Br. The van der Waals surface area contributed by atoms with Gasteiger partial charge in [0.25, 0.3) is 0 Å². The molecule has 1 aliphatic heterocycles. The molecule has 118 valence electrons. The van der Waals surface area contributed by atoms with E-state index < -0.39 is 0 Å². The number of anilines is 1. The summed E-state index contributed by atoms with van der Waals surface area (Å²) in [5.74, 6) is 0. The highest BCUT2D eigenvalue weighted by molar-refractivity contribution is 9.10. The zero-order valence-corrected chi connectivity index (χ0v) is 15.2. The standard InChI is InChI=1S/C18H29BrN2/c1-4-15(20)12-14-6-7-16(13-17(14)19)21-10-8-18(3,5-2)9-11-21/h6-7,13,15H,4-5,8-12,20H2,1-3H3. The highest BCUT2D eigenvalue weighted by atomic mass is 79.9. The molecular formula is C18H29BrN2. The second-order valence-electron chi connectivity index (χ2n) is 6.80. The van der Waals surface area contributed by atoms with Crippen LogP contribution in [-0.4, -0.2) is 19.1 Å². The Balaban J connectivity index is 2.04. The highest BCUT2D eigenvalue weighted by Gasteiger charge is 2.28. The van der Waals surface area contributed by atoms with Crippen LogP contribution in [0.25, 0.3) is 0 Å². The van der Waals surface area contributed by atoms with Crippen molar-refractivity contribution in [3.8, 4) is 0 Å². The van der Waals surface area contributed by atoms with Crippen molar-refractivity contribution >= 4 is 21.6 Å². The quantitative estimate of drug-likeness (QED) is 0.828. The van der Waals surface area contributed by atoms with Crippen molar-refractivity contribution in [2.75, 3.05) is 18.0 Å². The topological polar surface area (TPSA) is 29.3 Å². The minimum absolute atomic E-state index is 0.257. The lowest BCUT2D eigenvalue weighted by Gasteiger charge is -2.40. The first-order valence-electron chi connectivity index (χ1n) is 8.26. The van der Waals surface area contributed by atoms with Gasteiger partial charge >= 0.3 is 0 Å². The van der Waals surface area contributed by atoms with Crippen molar-refractivity contribution in [3.63, 3.8) is 0 Å². The molecule has 0 radical (unpaired) electrons. The van der Waals surface area contributed by atoms with Gasteiger partial charge in [0.05, 0.1) is 0 Å². The van der Waals surface area contributed by atoms with E-state index in [0.717, 1.165) is 12.8 Å². The van der Waals surface area contributed by atoms with Crippen LogP contribution in [0.15, 0.2) is 22.7 Å². The number of nitrogens with two attached hydrogens (primary N) is 1. The molecule has 1 saturated heterocycles. The van der Waals surface area contributed by atoms with Crippen LogP contribution in [0.2, 0.25) is 0 Å². The molecule has 1 fully saturated rings. The molecule has 0 saturated carbocycles. The molecule has 1 heterocycles. The Kier molecular flexibility index (Phi) is 5.73. The van der Waals surface area contributed by atoms with Gasteiger partial charge in [0, 0.05) is 29.3 Å². The third-order valence-electron chi connectivity index (χ3n) is 5.23. The summed E-state index contributed by atoms with van der Waals surface area (Å²) >= 11 is 3.73. The zero-order chi connectivity index (χ0) is 15.5. The molecule has 3 heteroatoms. The van der Waals surface area contributed by atoms with Crippen LogP contribution < -0.4 is 10.6 Å². The van der Waals surface area contributed by atoms with Crippen molar-refractivity contribution in [1.29, 1.82) is 0 Å². The molecule has 1 aromatic carbocycles. The number of nitrogens with zero attached hydrogens (tertiary/aromatic N) is 1. The van der Waals surface area contributed by atoms with Crippen molar-refractivity contribution in [1.82, 2.24) is 0 Å². The van der Waals surface area contributed by atoms with E-state index in [9.17, 15) is 0 Å². The van der Waals surface area contributed by atoms with Gasteiger partial charge in [-0.3, -0.25) is 0 Å². The van der Waals surface area contributed by atoms with Crippen LogP contribution in [0.5, 0.6) is 0 Å². The number of benzene rings is 1. The predicted octanol–water partition coefficient (Wildman–Crippen LogP) is 4.75. The molecule has 2 rings (SSSR count). The summed E-state index contributed by atoms with van der Waals surface area (Å²) in [7, 11) is 0. The second kappa shape index (κ2) is 7.15. The summed E-state index contributed by atoms with van der Waals surface area (Å²) in [4.78, 5) is 2.52. The number of piperidine rings is 1. The van der Waals surface area contributed by atoms with E-state index in [2.05, 4.69) is 59.8 Å². The normalized spacial score (nSPS) is 19.6. The van der Waals surface area contributed by atoms with Crippen LogP contribution >= 0.6 is 15.9 Å². The van der Waals surface area contributed by atoms with Crippen LogP contribution in [-0.2, 0) is 6.42 Å². The Labute approximate surface area is 138 Å². The molecular weight excluding hydrogens is 324 g/mol. The Morgan fingerprint density at radius 1 is 1.29 bits per heavy atom. The van der Waals surface area contributed by atoms with Crippen molar-refractivity contribution in [3.05, 3.63) is 28.2 Å². The third-order valence-corrected chi connectivity index (χ3v) is 5.97. The minimum atomic E-state index is 0.257. The largest absolute Gasteiger partial charge is 0.371 e. The smallest absolute Gasteiger partial charge is 0.0377 e. The number of hydrogen-bond donors (Lipinski definition) is 1. The third kappa shape index (κ3) is 4.23. The Hall–Kier alpha value is -0.540. The minimum Gasteiger partial charge on any atom is -0.371 e. The van der Waals surface area contributed by atoms with Gasteiger partial charge in [-0.1, -0.05) is 49.2 Å². The fourth-order valence-corrected chi connectivity index (χ4v) is 3.51. The van der Waals surface area contributed by atoms with Crippen LogP contribution in [0.3, 0.4) is 0 Å². The summed E-state index contributed by atoms with van der Waals surface area (Å²) in [6, 6.07) is 7.03. The van der Waals surface area contributed by atoms with Gasteiger partial charge in [0.2, 0.25) is 0 Å². The Morgan fingerprint density at radius 2 is 1.95 bits per heavy atom. The summed E-state index contributed by atoms with van der Waals surface area (Å²) in [5.41, 5.74) is 9.28. The molecule has 1 atom stereocenters. The molecule has 1 aromatic rings. The zero-order valence-electron chi connectivity index (χ0n) is 13.7. The number of halogens is 1. The first kappa shape index (κ1) is 16.8. The Morgan fingerprint density at radius 3 is 2.48 bits per heavy atom. The fourth-order valence-electron chi connectivity index (χ4n) is 2.98. The van der Waals surface area contributed by atoms with E-state index in [1.807, 2.05) is 0 Å². The van der Waals surface area contributed by atoms with E-state index in [-0.39, 0.29) is 6.04 Å². The van der Waals surface area contributed by atoms with E-state index in [1.54, 1.807) is 0 Å². The van der Waals surface area contributed by atoms with Crippen molar-refractivity contribution in [2.45, 2.75) is 58.9 Å². The molecule has 2 N–H and O–H groups in total. The van der Waals surface area contributed by atoms with E-state index >= 15 is 0 Å². The molecule has 0 spiro atoms. The molecule has 2 nitrogen and oxygen atoms in total. The molecule has 0 aromatic heterocycles. The molecule has 0 amide bonds. The lowest BCUT2D eigenvalue weighted by atomic mass is 9.78. The van der Waals surface area contributed by atoms with E-state index in [4.69, 9.17) is 5.73 Å². The molecule has 21 heavy (non-hydrogen) atoms. The highest BCUT2D eigenvalue weighted by Crippen LogP contribution is 2.36. The fraction of sp³-hybridized carbons (Fsp3) is 0.667. The number of hydrogen-bond acceptors (Lipinski definition) is 2. The lowest BCUT2D eigenvalue weighted by Crippen LogP contribution is -2.38. The maximum atomic E-state index is 6.07. The van der Waals surface area contributed by atoms with Crippen LogP contribution in [0.1, 0.15) is 52.0 Å². The Bertz CT molecular complexity index is 464. The lowest BCUT2D eigenvalue weighted by molar-refractivity contribution is 0.238. The van der Waals surface area contributed by atoms with Gasteiger partial charge in [-0.15, -0.1) is 0 Å². The second-order valence-corrected chi connectivity index (χ2v) is 7.65. The molecule has 0 aliphatic carbocycles. The number of rotatable bonds is 5. The van der Waals surface area contributed by atoms with Gasteiger partial charge < -0.3 is 10.6 Å². The van der Waals surface area contributed by atoms with Gasteiger partial charge in [-0.05, 0) is 48.8 Å². The van der Waals surface area contributed by atoms with Gasteiger partial charge in [0.1, 0.15) is 0 Å². The van der Waals surface area contributed by atoms with E-state index in [1.165, 1.54) is 48.1 Å². The van der Waals surface area contributed by atoms with E-state index in [0.29, 0.717) is 5.41 Å². The molecule has 1 aliphatic rings. The van der Waals surface area contributed by atoms with Gasteiger partial charge in [-0.2, -0.15) is 0 Å².